The van der Waals surface area contributed by atoms with Crippen LogP contribution in [0, 0.1) is 0 Å². The number of amides is 2. The van der Waals surface area contributed by atoms with Gasteiger partial charge in [0, 0.05) is 26.6 Å². The molecule has 0 unspecified atom stereocenters. The standard InChI is InChI=1S/C17H11BrClN3O2/c18-12-5-3-10(4-6-12)16(23)21-22-17(24)14-9-13(19)8-11-2-1-7-20-15(11)14/h1-9H,(H,21,23)(H,22,24). The zero-order valence-electron chi connectivity index (χ0n) is 12.2. The number of carbonyl (C=O) groups excluding carboxylic acids is 2. The average molecular weight is 405 g/mol. The summed E-state index contributed by atoms with van der Waals surface area (Å²) in [4.78, 5) is 28.6. The molecule has 2 amide bonds. The third-order valence-corrected chi connectivity index (χ3v) is 4.06. The lowest BCUT2D eigenvalue weighted by atomic mass is 10.1. The van der Waals surface area contributed by atoms with E-state index in [1.165, 1.54) is 6.07 Å². The number of hydrogen-bond donors (Lipinski definition) is 2. The summed E-state index contributed by atoms with van der Waals surface area (Å²) >= 11 is 9.34. The van der Waals surface area contributed by atoms with Crippen molar-refractivity contribution < 1.29 is 9.59 Å². The van der Waals surface area contributed by atoms with E-state index in [1.54, 1.807) is 42.6 Å². The van der Waals surface area contributed by atoms with Gasteiger partial charge in [-0.1, -0.05) is 33.6 Å². The lowest BCUT2D eigenvalue weighted by Crippen LogP contribution is -2.41. The first-order chi connectivity index (χ1) is 11.5. The van der Waals surface area contributed by atoms with Gasteiger partial charge in [-0.05, 0) is 42.5 Å². The number of aromatic nitrogens is 1. The Bertz CT molecular complexity index is 929. The Hall–Kier alpha value is -2.44. The first-order valence-corrected chi connectivity index (χ1v) is 8.12. The molecule has 0 atom stereocenters. The van der Waals surface area contributed by atoms with E-state index in [4.69, 9.17) is 11.6 Å². The second kappa shape index (κ2) is 6.98. The van der Waals surface area contributed by atoms with Gasteiger partial charge in [0.05, 0.1) is 11.1 Å². The zero-order valence-corrected chi connectivity index (χ0v) is 14.6. The number of nitrogens with zero attached hydrogens (tertiary/aromatic N) is 1. The fourth-order valence-corrected chi connectivity index (χ4v) is 2.67. The third kappa shape index (κ3) is 3.55. The molecule has 0 bridgehead atoms. The Kier molecular flexibility index (Phi) is 4.78. The van der Waals surface area contributed by atoms with Gasteiger partial charge in [0.1, 0.15) is 0 Å². The highest BCUT2D eigenvalue weighted by Gasteiger charge is 2.14. The lowest BCUT2D eigenvalue weighted by molar-refractivity contribution is 0.0847. The smallest absolute Gasteiger partial charge is 0.267 e. The van der Waals surface area contributed by atoms with Crippen LogP contribution in [0.3, 0.4) is 0 Å². The molecule has 2 aromatic carbocycles. The van der Waals surface area contributed by atoms with Crippen molar-refractivity contribution in [1.29, 1.82) is 0 Å². The molecular formula is C17H11BrClN3O2. The van der Waals surface area contributed by atoms with Gasteiger partial charge in [0.2, 0.25) is 0 Å². The summed E-state index contributed by atoms with van der Waals surface area (Å²) < 4.78 is 0.861. The Balaban J connectivity index is 1.78. The summed E-state index contributed by atoms with van der Waals surface area (Å²) in [6.45, 7) is 0. The van der Waals surface area contributed by atoms with Crippen LogP contribution in [0.15, 0.2) is 59.2 Å². The van der Waals surface area contributed by atoms with E-state index in [1.807, 2.05) is 6.07 Å². The number of hydrazine groups is 1. The normalized spacial score (nSPS) is 10.4. The second-order valence-corrected chi connectivity index (χ2v) is 6.30. The predicted octanol–water partition coefficient (Wildman–Crippen LogP) is 3.73. The Morgan fingerprint density at radius 3 is 2.46 bits per heavy atom. The molecule has 1 aromatic heterocycles. The molecule has 0 aliphatic heterocycles. The minimum Gasteiger partial charge on any atom is -0.267 e. The van der Waals surface area contributed by atoms with Crippen LogP contribution in [-0.4, -0.2) is 16.8 Å². The highest BCUT2D eigenvalue weighted by atomic mass is 79.9. The molecule has 3 aromatic rings. The lowest BCUT2D eigenvalue weighted by Gasteiger charge is -2.09. The van der Waals surface area contributed by atoms with Crippen LogP contribution in [0.25, 0.3) is 10.9 Å². The van der Waals surface area contributed by atoms with E-state index in [2.05, 4.69) is 31.8 Å². The topological polar surface area (TPSA) is 71.1 Å². The molecule has 3 rings (SSSR count). The van der Waals surface area contributed by atoms with Crippen LogP contribution in [-0.2, 0) is 0 Å². The molecule has 0 aliphatic carbocycles. The quantitative estimate of drug-likeness (QED) is 0.639. The van der Waals surface area contributed by atoms with Crippen molar-refractivity contribution in [3.8, 4) is 0 Å². The van der Waals surface area contributed by atoms with Crippen LogP contribution in [0.2, 0.25) is 5.02 Å². The van der Waals surface area contributed by atoms with Gasteiger partial charge in [-0.2, -0.15) is 0 Å². The molecule has 1 heterocycles. The molecule has 0 aliphatic rings. The molecular weight excluding hydrogens is 394 g/mol. The fraction of sp³-hybridized carbons (Fsp3) is 0. The van der Waals surface area contributed by atoms with Crippen LogP contribution < -0.4 is 10.9 Å². The number of hydrogen-bond acceptors (Lipinski definition) is 3. The van der Waals surface area contributed by atoms with Crippen molar-refractivity contribution in [2.45, 2.75) is 0 Å². The van der Waals surface area contributed by atoms with Crippen LogP contribution in [0.1, 0.15) is 20.7 Å². The van der Waals surface area contributed by atoms with Gasteiger partial charge in [-0.3, -0.25) is 25.4 Å². The molecule has 0 fully saturated rings. The van der Waals surface area contributed by atoms with Gasteiger partial charge in [0.15, 0.2) is 0 Å². The molecule has 0 saturated carbocycles. The van der Waals surface area contributed by atoms with Crippen molar-refractivity contribution in [2.24, 2.45) is 0 Å². The largest absolute Gasteiger partial charge is 0.271 e. The second-order valence-electron chi connectivity index (χ2n) is 4.94. The van der Waals surface area contributed by atoms with Crippen molar-refractivity contribution in [1.82, 2.24) is 15.8 Å². The summed E-state index contributed by atoms with van der Waals surface area (Å²) in [6.07, 6.45) is 1.59. The van der Waals surface area contributed by atoms with Crippen molar-refractivity contribution in [3.05, 3.63) is 75.4 Å². The molecule has 0 radical (unpaired) electrons. The van der Waals surface area contributed by atoms with Crippen molar-refractivity contribution in [3.63, 3.8) is 0 Å². The van der Waals surface area contributed by atoms with E-state index in [-0.39, 0.29) is 5.56 Å². The molecule has 120 valence electrons. The third-order valence-electron chi connectivity index (χ3n) is 3.31. The van der Waals surface area contributed by atoms with Crippen molar-refractivity contribution in [2.75, 3.05) is 0 Å². The number of rotatable bonds is 2. The highest BCUT2D eigenvalue weighted by molar-refractivity contribution is 9.10. The molecule has 0 saturated heterocycles. The number of nitrogens with one attached hydrogen (secondary N) is 2. The first-order valence-electron chi connectivity index (χ1n) is 6.95. The maximum Gasteiger partial charge on any atom is 0.271 e. The summed E-state index contributed by atoms with van der Waals surface area (Å²) in [5.74, 6) is -0.915. The monoisotopic (exact) mass is 403 g/mol. The molecule has 24 heavy (non-hydrogen) atoms. The number of halogens is 2. The minimum absolute atomic E-state index is 0.286. The number of benzene rings is 2. The van der Waals surface area contributed by atoms with Gasteiger partial charge in [-0.15, -0.1) is 0 Å². The summed E-state index contributed by atoms with van der Waals surface area (Å²) in [7, 11) is 0. The van der Waals surface area contributed by atoms with E-state index >= 15 is 0 Å². The van der Waals surface area contributed by atoms with Crippen LogP contribution >= 0.6 is 27.5 Å². The first kappa shape index (κ1) is 16.4. The molecule has 7 heteroatoms. The number of pyridine rings is 1. The van der Waals surface area contributed by atoms with E-state index in [0.717, 1.165) is 9.86 Å². The highest BCUT2D eigenvalue weighted by Crippen LogP contribution is 2.22. The van der Waals surface area contributed by atoms with E-state index in [0.29, 0.717) is 16.1 Å². The van der Waals surface area contributed by atoms with Crippen LogP contribution in [0.4, 0.5) is 0 Å². The Labute approximate surface area is 151 Å². The van der Waals surface area contributed by atoms with Crippen LogP contribution in [0.5, 0.6) is 0 Å². The Morgan fingerprint density at radius 1 is 1.00 bits per heavy atom. The number of fused-ring (bicyclic) bond motifs is 1. The van der Waals surface area contributed by atoms with E-state index < -0.39 is 11.8 Å². The molecule has 2 N–H and O–H groups in total. The average Bonchev–Trinajstić information content (AvgIpc) is 2.59. The maximum atomic E-state index is 12.4. The van der Waals surface area contributed by atoms with Gasteiger partial charge in [0.25, 0.3) is 11.8 Å². The van der Waals surface area contributed by atoms with Gasteiger partial charge in [-0.25, -0.2) is 0 Å². The Morgan fingerprint density at radius 2 is 1.71 bits per heavy atom. The number of carbonyl (C=O) groups is 2. The van der Waals surface area contributed by atoms with Gasteiger partial charge < -0.3 is 0 Å². The SMILES string of the molecule is O=C(NNC(=O)c1cc(Cl)cc2cccnc12)c1ccc(Br)cc1. The maximum absolute atomic E-state index is 12.4. The minimum atomic E-state index is -0.494. The fourth-order valence-electron chi connectivity index (χ4n) is 2.18. The molecule has 5 nitrogen and oxygen atoms in total. The van der Waals surface area contributed by atoms with Crippen molar-refractivity contribution >= 4 is 50.2 Å². The predicted molar refractivity (Wildman–Crippen MR) is 95.8 cm³/mol. The van der Waals surface area contributed by atoms with Gasteiger partial charge >= 0.3 is 0 Å². The zero-order chi connectivity index (χ0) is 17.1. The molecule has 0 spiro atoms. The summed E-state index contributed by atoms with van der Waals surface area (Å²) in [5, 5.41) is 1.16. The summed E-state index contributed by atoms with van der Waals surface area (Å²) in [6, 6.07) is 13.6. The summed E-state index contributed by atoms with van der Waals surface area (Å²) in [5.41, 5.74) is 5.98. The van der Waals surface area contributed by atoms with E-state index in [9.17, 15) is 9.59 Å².